The van der Waals surface area contributed by atoms with Gasteiger partial charge in [-0.05, 0) is 61.6 Å². The molecule has 1 aromatic rings. The van der Waals surface area contributed by atoms with Crippen molar-refractivity contribution in [3.63, 3.8) is 0 Å². The van der Waals surface area contributed by atoms with Gasteiger partial charge in [-0.3, -0.25) is 0 Å². The van der Waals surface area contributed by atoms with Crippen LogP contribution in [0.4, 0.5) is 8.78 Å². The number of rotatable bonds is 7. The van der Waals surface area contributed by atoms with Crippen LogP contribution >= 0.6 is 0 Å². The molecule has 0 saturated heterocycles. The maximum Gasteiger partial charge on any atom is 0.201 e. The Morgan fingerprint density at radius 1 is 1.04 bits per heavy atom. The Labute approximate surface area is 138 Å². The van der Waals surface area contributed by atoms with E-state index >= 15 is 0 Å². The molecule has 3 heteroatoms. The highest BCUT2D eigenvalue weighted by Crippen LogP contribution is 2.39. The highest BCUT2D eigenvalue weighted by Gasteiger charge is 2.26. The Kier molecular flexibility index (Phi) is 7.07. The van der Waals surface area contributed by atoms with Gasteiger partial charge in [-0.25, -0.2) is 4.39 Å². The molecule has 0 aliphatic heterocycles. The number of hydrogen-bond acceptors (Lipinski definition) is 1. The second kappa shape index (κ2) is 9.05. The van der Waals surface area contributed by atoms with Crippen LogP contribution in [0.15, 0.2) is 24.5 Å². The first-order valence-corrected chi connectivity index (χ1v) is 8.96. The number of ether oxygens (including phenoxy) is 1. The fourth-order valence-electron chi connectivity index (χ4n) is 3.48. The Morgan fingerprint density at radius 3 is 2.43 bits per heavy atom. The van der Waals surface area contributed by atoms with E-state index in [0.717, 1.165) is 44.4 Å². The summed E-state index contributed by atoms with van der Waals surface area (Å²) in [5.41, 5.74) is 0.516. The zero-order valence-electron chi connectivity index (χ0n) is 14.3. The van der Waals surface area contributed by atoms with Crippen LogP contribution in [0, 0.1) is 17.6 Å². The van der Waals surface area contributed by atoms with E-state index in [2.05, 4.69) is 13.8 Å². The average Bonchev–Trinajstić information content (AvgIpc) is 2.57. The Bertz CT molecular complexity index is 517. The molecule has 1 fully saturated rings. The number of unbranched alkanes of at least 4 members (excludes halogenated alkanes) is 1. The van der Waals surface area contributed by atoms with Crippen molar-refractivity contribution >= 4 is 0 Å². The average molecular weight is 322 g/mol. The Balaban J connectivity index is 2.02. The first-order chi connectivity index (χ1) is 11.2. The van der Waals surface area contributed by atoms with Gasteiger partial charge in [0.2, 0.25) is 5.82 Å². The molecule has 0 bridgehead atoms. The predicted octanol–water partition coefficient (Wildman–Crippen LogP) is 6.73. The molecule has 0 spiro atoms. The second-order valence-electron chi connectivity index (χ2n) is 6.57. The smallest absolute Gasteiger partial charge is 0.201 e. The number of hydrogen-bond donors (Lipinski definition) is 0. The molecule has 0 aromatic heterocycles. The molecule has 0 radical (unpaired) electrons. The van der Waals surface area contributed by atoms with Gasteiger partial charge in [-0.2, -0.15) is 4.39 Å². The van der Waals surface area contributed by atoms with Gasteiger partial charge in [0.05, 0.1) is 6.26 Å². The van der Waals surface area contributed by atoms with E-state index in [1.54, 1.807) is 12.1 Å². The van der Waals surface area contributed by atoms with Gasteiger partial charge in [-0.15, -0.1) is 0 Å². The van der Waals surface area contributed by atoms with Crippen LogP contribution in [0.3, 0.4) is 0 Å². The molecular formula is C20H28F2O. The third-order valence-electron chi connectivity index (χ3n) is 4.81. The molecular weight excluding hydrogens is 294 g/mol. The van der Waals surface area contributed by atoms with E-state index in [1.165, 1.54) is 19.1 Å². The van der Waals surface area contributed by atoms with Crippen LogP contribution in [-0.4, -0.2) is 0 Å². The minimum atomic E-state index is -0.862. The highest BCUT2D eigenvalue weighted by atomic mass is 19.2. The van der Waals surface area contributed by atoms with Gasteiger partial charge in [0.1, 0.15) is 0 Å². The minimum absolute atomic E-state index is 0.0294. The zero-order chi connectivity index (χ0) is 16.7. The van der Waals surface area contributed by atoms with Gasteiger partial charge in [0.15, 0.2) is 11.6 Å². The van der Waals surface area contributed by atoms with Crippen LogP contribution in [0.25, 0.3) is 0 Å². The van der Waals surface area contributed by atoms with Crippen molar-refractivity contribution < 1.29 is 13.5 Å². The number of allylic oxidation sites excluding steroid dienone is 1. The van der Waals surface area contributed by atoms with E-state index in [0.29, 0.717) is 5.56 Å². The summed E-state index contributed by atoms with van der Waals surface area (Å²) in [6.45, 7) is 4.25. The molecule has 23 heavy (non-hydrogen) atoms. The van der Waals surface area contributed by atoms with Crippen LogP contribution in [0.2, 0.25) is 0 Å². The number of benzene rings is 1. The maximum absolute atomic E-state index is 14.4. The molecule has 1 nitrogen and oxygen atoms in total. The van der Waals surface area contributed by atoms with Gasteiger partial charge < -0.3 is 4.74 Å². The van der Waals surface area contributed by atoms with Crippen molar-refractivity contribution in [2.45, 2.75) is 71.1 Å². The third-order valence-corrected chi connectivity index (χ3v) is 4.81. The topological polar surface area (TPSA) is 9.23 Å². The molecule has 0 unspecified atom stereocenters. The van der Waals surface area contributed by atoms with Crippen molar-refractivity contribution in [3.8, 4) is 5.75 Å². The monoisotopic (exact) mass is 322 g/mol. The molecule has 0 N–H and O–H groups in total. The SMILES string of the molecule is CCC/C=C/Oc1ccc(C2CCC(CCC)CC2)c(F)c1F. The van der Waals surface area contributed by atoms with E-state index in [-0.39, 0.29) is 11.7 Å². The zero-order valence-corrected chi connectivity index (χ0v) is 14.3. The fraction of sp³-hybridized carbons (Fsp3) is 0.600. The summed E-state index contributed by atoms with van der Waals surface area (Å²) in [5.74, 6) is -0.722. The first kappa shape index (κ1) is 18.0. The maximum atomic E-state index is 14.4. The molecule has 128 valence electrons. The summed E-state index contributed by atoms with van der Waals surface area (Å²) < 4.78 is 33.8. The highest BCUT2D eigenvalue weighted by molar-refractivity contribution is 5.33. The van der Waals surface area contributed by atoms with Crippen molar-refractivity contribution in [1.82, 2.24) is 0 Å². The minimum Gasteiger partial charge on any atom is -0.462 e. The first-order valence-electron chi connectivity index (χ1n) is 8.96. The van der Waals surface area contributed by atoms with Crippen LogP contribution in [0.1, 0.15) is 76.7 Å². The summed E-state index contributed by atoms with van der Waals surface area (Å²) in [6.07, 6.45) is 11.7. The Morgan fingerprint density at radius 2 is 1.78 bits per heavy atom. The van der Waals surface area contributed by atoms with Gasteiger partial charge in [0.25, 0.3) is 0 Å². The molecule has 0 heterocycles. The molecule has 1 aliphatic carbocycles. The molecule has 1 aromatic carbocycles. The fourth-order valence-corrected chi connectivity index (χ4v) is 3.48. The Hall–Kier alpha value is -1.38. The number of halogens is 2. The van der Waals surface area contributed by atoms with Crippen molar-refractivity contribution in [3.05, 3.63) is 41.7 Å². The molecule has 1 aliphatic rings. The lowest BCUT2D eigenvalue weighted by atomic mass is 9.77. The summed E-state index contributed by atoms with van der Waals surface area (Å²) in [6, 6.07) is 3.26. The van der Waals surface area contributed by atoms with Gasteiger partial charge in [-0.1, -0.05) is 39.2 Å². The van der Waals surface area contributed by atoms with E-state index in [4.69, 9.17) is 4.74 Å². The largest absolute Gasteiger partial charge is 0.462 e. The second-order valence-corrected chi connectivity index (χ2v) is 6.57. The van der Waals surface area contributed by atoms with Crippen LogP contribution in [-0.2, 0) is 0 Å². The van der Waals surface area contributed by atoms with E-state index < -0.39 is 11.6 Å². The van der Waals surface area contributed by atoms with E-state index in [9.17, 15) is 8.78 Å². The van der Waals surface area contributed by atoms with Gasteiger partial charge >= 0.3 is 0 Å². The predicted molar refractivity (Wildman–Crippen MR) is 90.6 cm³/mol. The normalized spacial score (nSPS) is 21.7. The summed E-state index contributed by atoms with van der Waals surface area (Å²) in [7, 11) is 0. The summed E-state index contributed by atoms with van der Waals surface area (Å²) in [5, 5.41) is 0. The lowest BCUT2D eigenvalue weighted by Gasteiger charge is -2.29. The molecule has 0 amide bonds. The van der Waals surface area contributed by atoms with Crippen LogP contribution < -0.4 is 4.74 Å². The van der Waals surface area contributed by atoms with Crippen molar-refractivity contribution in [2.24, 2.45) is 5.92 Å². The molecule has 1 saturated carbocycles. The third kappa shape index (κ3) is 4.79. The summed E-state index contributed by atoms with van der Waals surface area (Å²) in [4.78, 5) is 0. The lowest BCUT2D eigenvalue weighted by Crippen LogP contribution is -2.14. The molecule has 2 rings (SSSR count). The van der Waals surface area contributed by atoms with Crippen molar-refractivity contribution in [1.29, 1.82) is 0 Å². The van der Waals surface area contributed by atoms with Crippen LogP contribution in [0.5, 0.6) is 5.75 Å². The quantitative estimate of drug-likeness (QED) is 0.506. The lowest BCUT2D eigenvalue weighted by molar-refractivity contribution is 0.302. The standard InChI is InChI=1S/C20H28F2O/c1-3-5-6-14-23-18-13-12-17(19(21)20(18)22)16-10-8-15(7-4-2)9-11-16/h6,12-16H,3-5,7-11H2,1-2H3/b14-6+. The summed E-state index contributed by atoms with van der Waals surface area (Å²) >= 11 is 0. The molecule has 0 atom stereocenters. The van der Waals surface area contributed by atoms with Crippen molar-refractivity contribution in [2.75, 3.05) is 0 Å². The van der Waals surface area contributed by atoms with E-state index in [1.807, 2.05) is 6.08 Å². The van der Waals surface area contributed by atoms with Gasteiger partial charge in [0, 0.05) is 0 Å².